The standard InChI is InChI=1S/C4HF9O3S.F3S/c5-1(6,3(9,10)11)2(7,8)4(12,13)17(14,15)16;1-4(2)3/h(H,14,15,16);/q;+1/p-1. The summed E-state index contributed by atoms with van der Waals surface area (Å²) < 4.78 is 165. The van der Waals surface area contributed by atoms with Crippen LogP contribution in [0.1, 0.15) is 0 Å². The molecule has 0 atom stereocenters. The molecule has 0 unspecified atom stereocenters. The molecule has 130 valence electrons. The fraction of sp³-hybridized carbons (Fsp3) is 1.00. The van der Waals surface area contributed by atoms with Gasteiger partial charge in [0.2, 0.25) is 0 Å². The van der Waals surface area contributed by atoms with Crippen LogP contribution in [0.15, 0.2) is 0 Å². The first-order valence-electron chi connectivity index (χ1n) is 3.62. The van der Waals surface area contributed by atoms with Gasteiger partial charge in [-0.2, -0.15) is 39.5 Å². The van der Waals surface area contributed by atoms with E-state index in [4.69, 9.17) is 0 Å². The quantitative estimate of drug-likeness (QED) is 0.424. The van der Waals surface area contributed by atoms with Crippen molar-refractivity contribution >= 4 is 22.2 Å². The van der Waals surface area contributed by atoms with Crippen LogP contribution in [-0.2, 0) is 22.2 Å². The molecule has 0 heterocycles. The molecule has 0 N–H and O–H groups in total. The Bertz CT molecular complexity index is 435. The molecule has 0 bridgehead atoms. The van der Waals surface area contributed by atoms with Crippen molar-refractivity contribution in [3.8, 4) is 0 Å². The van der Waals surface area contributed by atoms with Gasteiger partial charge in [0.1, 0.15) is 11.7 Å². The highest BCUT2D eigenvalue weighted by molar-refractivity contribution is 7.86. The first-order chi connectivity index (χ1) is 8.73. The smallest absolute Gasteiger partial charge is 0.661 e. The van der Waals surface area contributed by atoms with Crippen LogP contribution in [-0.4, -0.2) is 36.2 Å². The average Bonchev–Trinajstić information content (AvgIpc) is 2.12. The number of alkyl halides is 9. The third kappa shape index (κ3) is 4.70. The molecule has 21 heavy (non-hydrogen) atoms. The summed E-state index contributed by atoms with van der Waals surface area (Å²) in [5.74, 6) is -14.8. The Hall–Kier alpha value is -0.580. The molecule has 0 aliphatic carbocycles. The Morgan fingerprint density at radius 3 is 1.10 bits per heavy atom. The maximum Gasteiger partial charge on any atom is 0.661 e. The van der Waals surface area contributed by atoms with E-state index in [-0.39, 0.29) is 0 Å². The molecular formula is C4F12O3S2. The topological polar surface area (TPSA) is 57.2 Å². The molecule has 0 amide bonds. The van der Waals surface area contributed by atoms with Gasteiger partial charge < -0.3 is 4.55 Å². The zero-order chi connectivity index (χ0) is 18.1. The molecule has 0 aliphatic rings. The molecule has 3 nitrogen and oxygen atoms in total. The zero-order valence-corrected chi connectivity index (χ0v) is 10.2. The first-order valence-corrected chi connectivity index (χ1v) is 5.95. The normalized spacial score (nSPS) is 14.8. The summed E-state index contributed by atoms with van der Waals surface area (Å²) in [5.41, 5.74) is 0. The highest BCUT2D eigenvalue weighted by Gasteiger charge is 2.83. The van der Waals surface area contributed by atoms with Crippen LogP contribution in [0, 0.1) is 0 Å². The molecule has 0 aromatic rings. The van der Waals surface area contributed by atoms with Crippen molar-refractivity contribution in [2.24, 2.45) is 0 Å². The predicted molar refractivity (Wildman–Crippen MR) is 41.3 cm³/mol. The average molecular weight is 388 g/mol. The summed E-state index contributed by atoms with van der Waals surface area (Å²) in [4.78, 5) is 0. The van der Waals surface area contributed by atoms with Crippen molar-refractivity contribution in [3.63, 3.8) is 0 Å². The van der Waals surface area contributed by atoms with E-state index in [0.29, 0.717) is 0 Å². The predicted octanol–water partition coefficient (Wildman–Crippen LogP) is 3.22. The minimum atomic E-state index is -7.43. The Kier molecular flexibility index (Phi) is 6.78. The Morgan fingerprint density at radius 1 is 0.714 bits per heavy atom. The lowest BCUT2D eigenvalue weighted by Crippen LogP contribution is -2.63. The molecule has 0 radical (unpaired) electrons. The monoisotopic (exact) mass is 388 g/mol. The van der Waals surface area contributed by atoms with Gasteiger partial charge in [-0.3, -0.25) is 0 Å². The fourth-order valence-corrected chi connectivity index (χ4v) is 0.960. The van der Waals surface area contributed by atoms with Crippen LogP contribution >= 0.6 is 0 Å². The SMILES string of the molecule is F[S+](F)F.O=S(=O)([O-])C(F)(F)C(F)(F)C(F)(F)C(F)(F)F. The highest BCUT2D eigenvalue weighted by Crippen LogP contribution is 2.54. The molecule has 0 saturated carbocycles. The largest absolute Gasteiger partial charge is 0.743 e. The van der Waals surface area contributed by atoms with E-state index < -0.39 is 45.4 Å². The lowest BCUT2D eigenvalue weighted by Gasteiger charge is -2.34. The number of halogens is 12. The van der Waals surface area contributed by atoms with Gasteiger partial charge in [0.25, 0.3) is 0 Å². The van der Waals surface area contributed by atoms with Crippen molar-refractivity contribution in [1.29, 1.82) is 0 Å². The number of rotatable bonds is 3. The van der Waals surface area contributed by atoms with Gasteiger partial charge in [-0.1, -0.05) is 0 Å². The lowest BCUT2D eigenvalue weighted by atomic mass is 10.1. The maximum atomic E-state index is 12.2. The van der Waals surface area contributed by atoms with E-state index >= 15 is 0 Å². The summed E-state index contributed by atoms with van der Waals surface area (Å²) in [6.45, 7) is 0. The molecule has 0 rings (SSSR count). The van der Waals surface area contributed by atoms with Crippen LogP contribution in [0.4, 0.5) is 51.2 Å². The second-order valence-corrected chi connectivity index (χ2v) is 4.56. The Morgan fingerprint density at radius 2 is 0.952 bits per heavy atom. The van der Waals surface area contributed by atoms with Gasteiger partial charge in [-0.05, 0) is 0 Å². The van der Waals surface area contributed by atoms with Gasteiger partial charge in [-0.25, -0.2) is 8.42 Å². The summed E-state index contributed by atoms with van der Waals surface area (Å²) in [5, 5.41) is -7.11. The highest BCUT2D eigenvalue weighted by atomic mass is 32.3. The van der Waals surface area contributed by atoms with Crippen LogP contribution in [0.5, 0.6) is 0 Å². The van der Waals surface area contributed by atoms with Gasteiger partial charge in [0.05, 0.1) is 0 Å². The third-order valence-electron chi connectivity index (χ3n) is 1.43. The van der Waals surface area contributed by atoms with E-state index in [9.17, 15) is 64.1 Å². The fourth-order valence-electron chi connectivity index (χ4n) is 0.518. The molecule has 0 aliphatic heterocycles. The van der Waals surface area contributed by atoms with Gasteiger partial charge in [-0.15, -0.1) is 0 Å². The van der Waals surface area contributed by atoms with Crippen LogP contribution in [0.25, 0.3) is 0 Å². The maximum absolute atomic E-state index is 12.2. The van der Waals surface area contributed by atoms with Crippen molar-refractivity contribution in [3.05, 3.63) is 0 Å². The van der Waals surface area contributed by atoms with Crippen molar-refractivity contribution < 1.29 is 64.1 Å². The third-order valence-corrected chi connectivity index (χ3v) is 2.31. The minimum Gasteiger partial charge on any atom is -0.743 e. The van der Waals surface area contributed by atoms with Crippen molar-refractivity contribution in [1.82, 2.24) is 0 Å². The van der Waals surface area contributed by atoms with Crippen molar-refractivity contribution in [2.75, 3.05) is 0 Å². The van der Waals surface area contributed by atoms with E-state index in [1.165, 1.54) is 0 Å². The number of hydrogen-bond acceptors (Lipinski definition) is 3. The molecule has 0 saturated heterocycles. The summed E-state index contributed by atoms with van der Waals surface area (Å²) in [6.07, 6.45) is -7.16. The molecule has 0 fully saturated rings. The van der Waals surface area contributed by atoms with E-state index in [2.05, 4.69) is 0 Å². The molecule has 0 spiro atoms. The summed E-state index contributed by atoms with van der Waals surface area (Å²) in [6, 6.07) is 0. The molecule has 17 heteroatoms. The molecule has 0 aromatic carbocycles. The van der Waals surface area contributed by atoms with E-state index in [0.717, 1.165) is 0 Å². The Labute approximate surface area is 110 Å². The minimum absolute atomic E-state index is 3.86. The second-order valence-electron chi connectivity index (χ2n) is 2.79. The van der Waals surface area contributed by atoms with E-state index in [1.54, 1.807) is 0 Å². The first kappa shape index (κ1) is 22.7. The van der Waals surface area contributed by atoms with Gasteiger partial charge in [0.15, 0.2) is 10.1 Å². The summed E-state index contributed by atoms with van der Waals surface area (Å²) in [7, 11) is -7.42. The Balaban J connectivity index is 0. The molecular weight excluding hydrogens is 388 g/mol. The van der Waals surface area contributed by atoms with Crippen LogP contribution in [0.3, 0.4) is 0 Å². The summed E-state index contributed by atoms with van der Waals surface area (Å²) >= 11 is -3.86. The van der Waals surface area contributed by atoms with Crippen LogP contribution < -0.4 is 0 Å². The molecule has 0 aromatic heterocycles. The van der Waals surface area contributed by atoms with Gasteiger partial charge >= 0.3 is 35.3 Å². The van der Waals surface area contributed by atoms with Crippen molar-refractivity contribution in [2.45, 2.75) is 23.3 Å². The number of hydrogen-bond donors (Lipinski definition) is 0. The van der Waals surface area contributed by atoms with Gasteiger partial charge in [0, 0.05) is 0 Å². The van der Waals surface area contributed by atoms with Crippen LogP contribution in [0.2, 0.25) is 0 Å². The lowest BCUT2D eigenvalue weighted by molar-refractivity contribution is -0.382. The second kappa shape index (κ2) is 6.27. The zero-order valence-electron chi connectivity index (χ0n) is 8.58. The van der Waals surface area contributed by atoms with E-state index in [1.807, 2.05) is 0 Å².